The fourth-order valence-corrected chi connectivity index (χ4v) is 4.67. The van der Waals surface area contributed by atoms with Crippen LogP contribution in [0.5, 0.6) is 0 Å². The molecular formula is C18H27N. The molecule has 19 heavy (non-hydrogen) atoms. The largest absolute Gasteiger partial charge is 0.321 e. The molecule has 2 fully saturated rings. The summed E-state index contributed by atoms with van der Waals surface area (Å²) < 4.78 is 0. The second-order valence-corrected chi connectivity index (χ2v) is 6.91. The molecule has 4 unspecified atom stereocenters. The summed E-state index contributed by atoms with van der Waals surface area (Å²) in [6.45, 7) is 2.26. The molecule has 1 aromatic rings. The minimum absolute atomic E-state index is 0.0921. The highest BCUT2D eigenvalue weighted by molar-refractivity contribution is 5.24. The van der Waals surface area contributed by atoms with Gasteiger partial charge in [0.15, 0.2) is 0 Å². The monoisotopic (exact) mass is 257 g/mol. The molecule has 0 aliphatic heterocycles. The summed E-state index contributed by atoms with van der Waals surface area (Å²) in [5.74, 6) is 2.89. The standard InChI is InChI=1S/C18H27N/c1-2-10-18(19,17-6-4-3-5-7-17)13-16-12-14-8-9-15(16)11-14/h3-7,14-16H,2,8-13,19H2,1H3. The molecule has 0 amide bonds. The van der Waals surface area contributed by atoms with Crippen molar-refractivity contribution in [3.05, 3.63) is 35.9 Å². The van der Waals surface area contributed by atoms with E-state index in [0.29, 0.717) is 0 Å². The molecule has 0 aromatic heterocycles. The van der Waals surface area contributed by atoms with E-state index in [2.05, 4.69) is 37.3 Å². The molecule has 3 rings (SSSR count). The Hall–Kier alpha value is -0.820. The van der Waals surface area contributed by atoms with Crippen LogP contribution in [0.2, 0.25) is 0 Å². The molecule has 0 spiro atoms. The van der Waals surface area contributed by atoms with Gasteiger partial charge in [-0.2, -0.15) is 0 Å². The fourth-order valence-electron chi connectivity index (χ4n) is 4.67. The lowest BCUT2D eigenvalue weighted by Gasteiger charge is -2.35. The number of hydrogen-bond acceptors (Lipinski definition) is 1. The third kappa shape index (κ3) is 2.58. The first-order valence-corrected chi connectivity index (χ1v) is 8.05. The van der Waals surface area contributed by atoms with E-state index in [1.807, 2.05) is 0 Å². The first kappa shape index (κ1) is 13.2. The van der Waals surface area contributed by atoms with E-state index in [1.165, 1.54) is 44.1 Å². The molecule has 2 aliphatic carbocycles. The van der Waals surface area contributed by atoms with E-state index < -0.39 is 0 Å². The van der Waals surface area contributed by atoms with Gasteiger partial charge in [0.1, 0.15) is 0 Å². The van der Waals surface area contributed by atoms with Gasteiger partial charge in [0, 0.05) is 5.54 Å². The third-order valence-corrected chi connectivity index (χ3v) is 5.56. The maximum absolute atomic E-state index is 6.84. The van der Waals surface area contributed by atoms with Crippen molar-refractivity contribution >= 4 is 0 Å². The second kappa shape index (κ2) is 5.28. The molecule has 2 N–H and O–H groups in total. The van der Waals surface area contributed by atoms with Crippen LogP contribution in [0.1, 0.15) is 57.4 Å². The Morgan fingerprint density at radius 3 is 2.53 bits per heavy atom. The normalized spacial score (nSPS) is 32.4. The lowest BCUT2D eigenvalue weighted by atomic mass is 9.74. The summed E-state index contributed by atoms with van der Waals surface area (Å²) in [5.41, 5.74) is 8.10. The predicted molar refractivity (Wildman–Crippen MR) is 80.8 cm³/mol. The smallest absolute Gasteiger partial charge is 0.0412 e. The highest BCUT2D eigenvalue weighted by atomic mass is 14.7. The maximum Gasteiger partial charge on any atom is 0.0412 e. The van der Waals surface area contributed by atoms with Gasteiger partial charge in [0.05, 0.1) is 0 Å². The molecule has 1 aromatic carbocycles. The van der Waals surface area contributed by atoms with E-state index in [-0.39, 0.29) is 5.54 Å². The van der Waals surface area contributed by atoms with Crippen molar-refractivity contribution in [3.63, 3.8) is 0 Å². The van der Waals surface area contributed by atoms with Crippen LogP contribution in [0.15, 0.2) is 30.3 Å². The first-order chi connectivity index (χ1) is 9.21. The Balaban J connectivity index is 1.77. The van der Waals surface area contributed by atoms with Gasteiger partial charge < -0.3 is 5.73 Å². The molecule has 0 saturated heterocycles. The van der Waals surface area contributed by atoms with E-state index in [9.17, 15) is 0 Å². The lowest BCUT2D eigenvalue weighted by Crippen LogP contribution is -2.39. The molecule has 2 saturated carbocycles. The highest BCUT2D eigenvalue weighted by Gasteiger charge is 2.42. The van der Waals surface area contributed by atoms with Gasteiger partial charge in [-0.1, -0.05) is 50.1 Å². The summed E-state index contributed by atoms with van der Waals surface area (Å²) in [6.07, 6.45) is 9.37. The Labute approximate surface area is 117 Å². The van der Waals surface area contributed by atoms with Crippen molar-refractivity contribution in [3.8, 4) is 0 Å². The zero-order chi connectivity index (χ0) is 13.3. The Bertz CT molecular complexity index is 413. The molecule has 104 valence electrons. The summed E-state index contributed by atoms with van der Waals surface area (Å²) in [4.78, 5) is 0. The molecule has 4 atom stereocenters. The number of hydrogen-bond donors (Lipinski definition) is 1. The number of rotatable bonds is 5. The molecular weight excluding hydrogens is 230 g/mol. The summed E-state index contributed by atoms with van der Waals surface area (Å²) in [5, 5.41) is 0. The van der Waals surface area contributed by atoms with Gasteiger partial charge in [-0.15, -0.1) is 0 Å². The van der Waals surface area contributed by atoms with E-state index in [4.69, 9.17) is 5.73 Å². The first-order valence-electron chi connectivity index (χ1n) is 8.05. The van der Waals surface area contributed by atoms with Crippen LogP contribution in [0.25, 0.3) is 0 Å². The van der Waals surface area contributed by atoms with E-state index in [1.54, 1.807) is 0 Å². The SMILES string of the molecule is CCCC(N)(CC1CC2CCC1C2)c1ccccc1. The van der Waals surface area contributed by atoms with Crippen LogP contribution in [0, 0.1) is 17.8 Å². The second-order valence-electron chi connectivity index (χ2n) is 6.91. The summed E-state index contributed by atoms with van der Waals surface area (Å²) in [6, 6.07) is 10.8. The van der Waals surface area contributed by atoms with Crippen molar-refractivity contribution in [2.45, 2.75) is 57.4 Å². The quantitative estimate of drug-likeness (QED) is 0.827. The Morgan fingerprint density at radius 1 is 1.16 bits per heavy atom. The lowest BCUT2D eigenvalue weighted by molar-refractivity contribution is 0.231. The molecule has 0 heterocycles. The van der Waals surface area contributed by atoms with Gasteiger partial charge in [0.2, 0.25) is 0 Å². The Kier molecular flexibility index (Phi) is 3.66. The van der Waals surface area contributed by atoms with Crippen LogP contribution < -0.4 is 5.73 Å². The number of fused-ring (bicyclic) bond motifs is 2. The van der Waals surface area contributed by atoms with Crippen molar-refractivity contribution in [2.24, 2.45) is 23.5 Å². The zero-order valence-electron chi connectivity index (χ0n) is 12.1. The predicted octanol–water partition coefficient (Wildman–Crippen LogP) is 4.47. The van der Waals surface area contributed by atoms with Crippen LogP contribution in [-0.2, 0) is 5.54 Å². The van der Waals surface area contributed by atoms with Crippen molar-refractivity contribution in [1.82, 2.24) is 0 Å². The van der Waals surface area contributed by atoms with Crippen LogP contribution in [0.3, 0.4) is 0 Å². The Morgan fingerprint density at radius 2 is 1.95 bits per heavy atom. The molecule has 1 heteroatoms. The molecule has 2 bridgehead atoms. The van der Waals surface area contributed by atoms with Crippen molar-refractivity contribution < 1.29 is 0 Å². The fraction of sp³-hybridized carbons (Fsp3) is 0.667. The zero-order valence-corrected chi connectivity index (χ0v) is 12.1. The third-order valence-electron chi connectivity index (χ3n) is 5.56. The number of benzene rings is 1. The minimum Gasteiger partial charge on any atom is -0.321 e. The average Bonchev–Trinajstić information content (AvgIpc) is 3.02. The van der Waals surface area contributed by atoms with Gasteiger partial charge in [0.25, 0.3) is 0 Å². The van der Waals surface area contributed by atoms with Crippen molar-refractivity contribution in [2.75, 3.05) is 0 Å². The number of nitrogens with two attached hydrogens (primary N) is 1. The molecule has 2 aliphatic rings. The summed E-state index contributed by atoms with van der Waals surface area (Å²) in [7, 11) is 0. The maximum atomic E-state index is 6.84. The molecule has 1 nitrogen and oxygen atoms in total. The van der Waals surface area contributed by atoms with Gasteiger partial charge in [-0.05, 0) is 55.4 Å². The van der Waals surface area contributed by atoms with Gasteiger partial charge in [-0.25, -0.2) is 0 Å². The van der Waals surface area contributed by atoms with Crippen LogP contribution >= 0.6 is 0 Å². The minimum atomic E-state index is -0.0921. The van der Waals surface area contributed by atoms with Gasteiger partial charge in [-0.3, -0.25) is 0 Å². The highest BCUT2D eigenvalue weighted by Crippen LogP contribution is 2.51. The van der Waals surface area contributed by atoms with Gasteiger partial charge >= 0.3 is 0 Å². The molecule has 0 radical (unpaired) electrons. The topological polar surface area (TPSA) is 26.0 Å². The average molecular weight is 257 g/mol. The van der Waals surface area contributed by atoms with Crippen LogP contribution in [-0.4, -0.2) is 0 Å². The van der Waals surface area contributed by atoms with E-state index in [0.717, 1.165) is 24.2 Å². The van der Waals surface area contributed by atoms with Crippen LogP contribution in [0.4, 0.5) is 0 Å². The van der Waals surface area contributed by atoms with Crippen molar-refractivity contribution in [1.29, 1.82) is 0 Å². The van der Waals surface area contributed by atoms with E-state index >= 15 is 0 Å². The summed E-state index contributed by atoms with van der Waals surface area (Å²) >= 11 is 0.